The first-order valence-corrected chi connectivity index (χ1v) is 6.74. The van der Waals surface area contributed by atoms with Gasteiger partial charge in [0.15, 0.2) is 0 Å². The Balaban J connectivity index is 1.90. The standard InChI is InChI=1S/C11H16N6OS/c1-7(2)3-10-15-16-11(19-10)14-9(18)6-17-5-8(12)4-13-17/h4-5,7H,3,6,12H2,1-2H3,(H,14,16,18). The number of hydrogen-bond acceptors (Lipinski definition) is 6. The highest BCUT2D eigenvalue weighted by Gasteiger charge is 2.10. The lowest BCUT2D eigenvalue weighted by molar-refractivity contribution is -0.116. The Morgan fingerprint density at radius 2 is 2.32 bits per heavy atom. The van der Waals surface area contributed by atoms with E-state index < -0.39 is 0 Å². The van der Waals surface area contributed by atoms with Crippen molar-refractivity contribution in [1.29, 1.82) is 0 Å². The molecule has 2 heterocycles. The van der Waals surface area contributed by atoms with E-state index in [0.717, 1.165) is 11.4 Å². The van der Waals surface area contributed by atoms with Crippen molar-refractivity contribution in [2.45, 2.75) is 26.8 Å². The molecule has 2 rings (SSSR count). The van der Waals surface area contributed by atoms with Crippen molar-refractivity contribution in [2.24, 2.45) is 5.92 Å². The van der Waals surface area contributed by atoms with Gasteiger partial charge in [0.1, 0.15) is 11.6 Å². The van der Waals surface area contributed by atoms with Crippen LogP contribution in [-0.2, 0) is 17.8 Å². The fourth-order valence-electron chi connectivity index (χ4n) is 1.51. The van der Waals surface area contributed by atoms with Gasteiger partial charge in [-0.3, -0.25) is 14.8 Å². The van der Waals surface area contributed by atoms with Crippen LogP contribution in [-0.4, -0.2) is 25.9 Å². The minimum atomic E-state index is -0.199. The van der Waals surface area contributed by atoms with Crippen molar-refractivity contribution in [3.8, 4) is 0 Å². The third-order valence-corrected chi connectivity index (χ3v) is 3.12. The van der Waals surface area contributed by atoms with E-state index >= 15 is 0 Å². The van der Waals surface area contributed by atoms with Gasteiger partial charge in [-0.15, -0.1) is 10.2 Å². The van der Waals surface area contributed by atoms with Crippen LogP contribution in [0.1, 0.15) is 18.9 Å². The summed E-state index contributed by atoms with van der Waals surface area (Å²) in [5.41, 5.74) is 6.05. The van der Waals surface area contributed by atoms with Crippen LogP contribution < -0.4 is 11.1 Å². The molecule has 0 spiro atoms. The highest BCUT2D eigenvalue weighted by molar-refractivity contribution is 7.15. The van der Waals surface area contributed by atoms with Crippen molar-refractivity contribution in [3.05, 3.63) is 17.4 Å². The summed E-state index contributed by atoms with van der Waals surface area (Å²) in [4.78, 5) is 11.7. The van der Waals surface area contributed by atoms with Crippen molar-refractivity contribution < 1.29 is 4.79 Å². The summed E-state index contributed by atoms with van der Waals surface area (Å²) in [6, 6.07) is 0. The lowest BCUT2D eigenvalue weighted by Crippen LogP contribution is -2.18. The molecule has 0 aliphatic carbocycles. The molecule has 0 aliphatic rings. The van der Waals surface area contributed by atoms with Gasteiger partial charge in [-0.25, -0.2) is 0 Å². The number of nitrogens with two attached hydrogens (primary N) is 1. The van der Waals surface area contributed by atoms with Gasteiger partial charge in [-0.05, 0) is 5.92 Å². The first-order valence-electron chi connectivity index (χ1n) is 5.93. The first kappa shape index (κ1) is 13.5. The summed E-state index contributed by atoms with van der Waals surface area (Å²) in [6.45, 7) is 4.33. The molecule has 0 saturated heterocycles. The summed E-state index contributed by atoms with van der Waals surface area (Å²) < 4.78 is 1.47. The third-order valence-electron chi connectivity index (χ3n) is 2.25. The van der Waals surface area contributed by atoms with Gasteiger partial charge in [0.2, 0.25) is 11.0 Å². The number of anilines is 2. The molecule has 2 aromatic heterocycles. The van der Waals surface area contributed by atoms with E-state index in [1.165, 1.54) is 22.2 Å². The van der Waals surface area contributed by atoms with E-state index in [9.17, 15) is 4.79 Å². The second-order valence-electron chi connectivity index (χ2n) is 4.62. The van der Waals surface area contributed by atoms with Gasteiger partial charge < -0.3 is 5.73 Å². The predicted octanol–water partition coefficient (Wildman–Crippen LogP) is 1.15. The molecular formula is C11H16N6OS. The molecule has 0 aliphatic heterocycles. The summed E-state index contributed by atoms with van der Waals surface area (Å²) >= 11 is 1.40. The first-order chi connectivity index (χ1) is 9.02. The normalized spacial score (nSPS) is 10.9. The smallest absolute Gasteiger partial charge is 0.247 e. The molecule has 8 heteroatoms. The van der Waals surface area contributed by atoms with E-state index in [1.54, 1.807) is 6.20 Å². The zero-order valence-electron chi connectivity index (χ0n) is 10.8. The van der Waals surface area contributed by atoms with Gasteiger partial charge in [0.05, 0.1) is 11.9 Å². The van der Waals surface area contributed by atoms with Crippen molar-refractivity contribution in [1.82, 2.24) is 20.0 Å². The average Bonchev–Trinajstić information content (AvgIpc) is 2.88. The highest BCUT2D eigenvalue weighted by atomic mass is 32.1. The number of nitrogen functional groups attached to an aromatic ring is 1. The summed E-state index contributed by atoms with van der Waals surface area (Å²) in [5.74, 6) is 0.318. The molecule has 1 amide bonds. The number of amides is 1. The Morgan fingerprint density at radius 3 is 2.95 bits per heavy atom. The fraction of sp³-hybridized carbons (Fsp3) is 0.455. The zero-order valence-corrected chi connectivity index (χ0v) is 11.6. The van der Waals surface area contributed by atoms with E-state index in [4.69, 9.17) is 5.73 Å². The van der Waals surface area contributed by atoms with Gasteiger partial charge in [-0.1, -0.05) is 25.2 Å². The summed E-state index contributed by atoms with van der Waals surface area (Å²) in [7, 11) is 0. The molecule has 3 N–H and O–H groups in total. The van der Waals surface area contributed by atoms with Crippen LogP contribution in [0.3, 0.4) is 0 Å². The van der Waals surface area contributed by atoms with Crippen LogP contribution in [0.2, 0.25) is 0 Å². The van der Waals surface area contributed by atoms with Crippen LogP contribution in [0, 0.1) is 5.92 Å². The topological polar surface area (TPSA) is 98.7 Å². The van der Waals surface area contributed by atoms with Gasteiger partial charge in [-0.2, -0.15) is 5.10 Å². The SMILES string of the molecule is CC(C)Cc1nnc(NC(=O)Cn2cc(N)cn2)s1. The maximum absolute atomic E-state index is 11.7. The molecule has 0 unspecified atom stereocenters. The quantitative estimate of drug-likeness (QED) is 0.856. The molecule has 2 aromatic rings. The minimum Gasteiger partial charge on any atom is -0.396 e. The van der Waals surface area contributed by atoms with Crippen molar-refractivity contribution in [3.63, 3.8) is 0 Å². The van der Waals surface area contributed by atoms with E-state index in [1.807, 2.05) is 0 Å². The molecule has 0 aromatic carbocycles. The number of carbonyl (C=O) groups is 1. The number of rotatable bonds is 5. The lowest BCUT2D eigenvalue weighted by atomic mass is 10.1. The van der Waals surface area contributed by atoms with Gasteiger partial charge >= 0.3 is 0 Å². The molecule has 0 atom stereocenters. The molecule has 0 bridgehead atoms. The van der Waals surface area contributed by atoms with Crippen LogP contribution >= 0.6 is 11.3 Å². The van der Waals surface area contributed by atoms with E-state index in [0.29, 0.717) is 16.7 Å². The molecule has 102 valence electrons. The Bertz CT molecular complexity index is 561. The lowest BCUT2D eigenvalue weighted by Gasteiger charge is -2.01. The van der Waals surface area contributed by atoms with Crippen LogP contribution in [0.15, 0.2) is 12.4 Å². The third kappa shape index (κ3) is 4.02. The molecule has 0 radical (unpaired) electrons. The summed E-state index contributed by atoms with van der Waals surface area (Å²) in [5, 5.41) is 16.0. The number of nitrogens with one attached hydrogen (secondary N) is 1. The molecule has 0 fully saturated rings. The Hall–Kier alpha value is -1.96. The van der Waals surface area contributed by atoms with Gasteiger partial charge in [0.25, 0.3) is 0 Å². The zero-order chi connectivity index (χ0) is 13.8. The number of nitrogens with zero attached hydrogens (tertiary/aromatic N) is 4. The largest absolute Gasteiger partial charge is 0.396 e. The van der Waals surface area contributed by atoms with E-state index in [2.05, 4.69) is 34.5 Å². The summed E-state index contributed by atoms with van der Waals surface area (Å²) in [6.07, 6.45) is 3.96. The van der Waals surface area contributed by atoms with Gasteiger partial charge in [0, 0.05) is 12.6 Å². The Labute approximate surface area is 114 Å². The molecule has 19 heavy (non-hydrogen) atoms. The second kappa shape index (κ2) is 5.79. The molecule has 0 saturated carbocycles. The Morgan fingerprint density at radius 1 is 1.53 bits per heavy atom. The molecular weight excluding hydrogens is 264 g/mol. The van der Waals surface area contributed by atoms with E-state index in [-0.39, 0.29) is 12.5 Å². The minimum absolute atomic E-state index is 0.107. The number of aromatic nitrogens is 4. The highest BCUT2D eigenvalue weighted by Crippen LogP contribution is 2.18. The maximum atomic E-state index is 11.7. The fourth-order valence-corrected chi connectivity index (χ4v) is 2.48. The van der Waals surface area contributed by atoms with Crippen LogP contribution in [0.25, 0.3) is 0 Å². The number of carbonyl (C=O) groups excluding carboxylic acids is 1. The van der Waals surface area contributed by atoms with Crippen LogP contribution in [0.4, 0.5) is 10.8 Å². The monoisotopic (exact) mass is 280 g/mol. The average molecular weight is 280 g/mol. The number of hydrogen-bond donors (Lipinski definition) is 2. The van der Waals surface area contributed by atoms with Crippen molar-refractivity contribution in [2.75, 3.05) is 11.1 Å². The Kier molecular flexibility index (Phi) is 4.10. The van der Waals surface area contributed by atoms with Crippen molar-refractivity contribution >= 4 is 28.1 Å². The van der Waals surface area contributed by atoms with Crippen LogP contribution in [0.5, 0.6) is 0 Å². The molecule has 7 nitrogen and oxygen atoms in total. The second-order valence-corrected chi connectivity index (χ2v) is 5.68. The maximum Gasteiger partial charge on any atom is 0.247 e. The predicted molar refractivity (Wildman–Crippen MR) is 73.7 cm³/mol.